The molecule has 1 rings (SSSR count). The Morgan fingerprint density at radius 1 is 1.38 bits per heavy atom. The molecule has 4 heteroatoms. The van der Waals surface area contributed by atoms with Crippen LogP contribution in [0.1, 0.15) is 5.56 Å². The van der Waals surface area contributed by atoms with Gasteiger partial charge in [0.15, 0.2) is 0 Å². The molecule has 0 aromatic heterocycles. The molecule has 0 aliphatic carbocycles. The summed E-state index contributed by atoms with van der Waals surface area (Å²) in [4.78, 5) is 10.9. The van der Waals surface area contributed by atoms with Gasteiger partial charge in [-0.1, -0.05) is 28.1 Å². The van der Waals surface area contributed by atoms with Gasteiger partial charge in [-0.25, -0.2) is 0 Å². The van der Waals surface area contributed by atoms with Gasteiger partial charge in [-0.2, -0.15) is 0 Å². The topological polar surface area (TPSA) is 29.1 Å². The van der Waals surface area contributed by atoms with Crippen LogP contribution in [0.5, 0.6) is 0 Å². The van der Waals surface area contributed by atoms with Crippen LogP contribution in [0.3, 0.4) is 0 Å². The standard InChI is InChI=1S/C9H9BrINO/c10-5-9(13)12-6-7-1-3-8(11)4-2-7/h1-4H,5-6H2,(H,12,13)/i11-2. The fourth-order valence-corrected chi connectivity index (χ4v) is 1.41. The zero-order valence-electron chi connectivity index (χ0n) is 6.89. The van der Waals surface area contributed by atoms with Crippen molar-refractivity contribution in [1.29, 1.82) is 0 Å². The third kappa shape index (κ3) is 4.08. The molecule has 0 radical (unpaired) electrons. The summed E-state index contributed by atoms with van der Waals surface area (Å²) in [6.07, 6.45) is 0. The molecule has 1 aromatic carbocycles. The van der Waals surface area contributed by atoms with Crippen LogP contribution in [0.25, 0.3) is 0 Å². The van der Waals surface area contributed by atoms with Crippen molar-refractivity contribution in [3.8, 4) is 0 Å². The van der Waals surface area contributed by atoms with Crippen molar-refractivity contribution in [2.45, 2.75) is 6.54 Å². The molecule has 0 heterocycles. The predicted molar refractivity (Wildman–Crippen MR) is 64.8 cm³/mol. The van der Waals surface area contributed by atoms with Crippen LogP contribution in [-0.4, -0.2) is 11.2 Å². The second-order valence-corrected chi connectivity index (χ2v) is 4.34. The van der Waals surface area contributed by atoms with Crippen molar-refractivity contribution in [3.63, 3.8) is 0 Å². The van der Waals surface area contributed by atoms with Gasteiger partial charge in [-0.15, -0.1) is 0 Å². The molecule has 70 valence electrons. The molecule has 2 nitrogen and oxygen atoms in total. The van der Waals surface area contributed by atoms with Crippen LogP contribution in [0.15, 0.2) is 24.3 Å². The van der Waals surface area contributed by atoms with Crippen LogP contribution < -0.4 is 5.32 Å². The molecule has 13 heavy (non-hydrogen) atoms. The van der Waals surface area contributed by atoms with Crippen molar-refractivity contribution in [2.75, 3.05) is 5.33 Å². The summed E-state index contributed by atoms with van der Waals surface area (Å²) in [6.45, 7) is 0.599. The van der Waals surface area contributed by atoms with Gasteiger partial charge in [-0.3, -0.25) is 4.79 Å². The summed E-state index contributed by atoms with van der Waals surface area (Å²) in [7, 11) is 0. The van der Waals surface area contributed by atoms with Gasteiger partial charge in [0.25, 0.3) is 0 Å². The summed E-state index contributed by atoms with van der Waals surface area (Å²) < 4.78 is 1.20. The molecule has 0 unspecified atom stereocenters. The minimum atomic E-state index is 0.0125. The van der Waals surface area contributed by atoms with E-state index in [2.05, 4.69) is 43.8 Å². The lowest BCUT2D eigenvalue weighted by atomic mass is 10.2. The second kappa shape index (κ2) is 5.59. The van der Waals surface area contributed by atoms with Crippen LogP contribution in [0.2, 0.25) is 0 Å². The number of alkyl halides is 1. The first kappa shape index (κ1) is 11.0. The summed E-state index contributed by atoms with van der Waals surface area (Å²) in [6, 6.07) is 8.07. The van der Waals surface area contributed by atoms with E-state index in [1.165, 1.54) is 3.57 Å². The van der Waals surface area contributed by atoms with Crippen molar-refractivity contribution < 1.29 is 4.79 Å². The number of hydrogen-bond donors (Lipinski definition) is 1. The Labute approximate surface area is 99.4 Å². The number of benzene rings is 1. The zero-order chi connectivity index (χ0) is 9.68. The van der Waals surface area contributed by atoms with E-state index >= 15 is 0 Å². The van der Waals surface area contributed by atoms with Crippen LogP contribution in [0.4, 0.5) is 0 Å². The number of carbonyl (C=O) groups is 1. The van der Waals surface area contributed by atoms with Gasteiger partial charge < -0.3 is 5.32 Å². The molecule has 1 N–H and O–H groups in total. The lowest BCUT2D eigenvalue weighted by Crippen LogP contribution is -2.23. The third-order valence-corrected chi connectivity index (χ3v) is 2.75. The minimum absolute atomic E-state index is 0.0125. The molecule has 0 bridgehead atoms. The molecule has 0 fully saturated rings. The Bertz CT molecular complexity index is 286. The van der Waals surface area contributed by atoms with E-state index < -0.39 is 0 Å². The molecular formula is C9H9BrINO. The molecule has 0 spiro atoms. The van der Waals surface area contributed by atoms with E-state index in [-0.39, 0.29) is 5.91 Å². The number of carbonyl (C=O) groups excluding carboxylic acids is 1. The molecule has 0 saturated heterocycles. The number of amides is 1. The summed E-state index contributed by atoms with van der Waals surface area (Å²) in [5, 5.41) is 3.14. The Kier molecular flexibility index (Phi) is 4.72. The maximum absolute atomic E-state index is 10.9. The zero-order valence-corrected chi connectivity index (χ0v) is 10.6. The van der Waals surface area contributed by atoms with Crippen molar-refractivity contribution in [2.24, 2.45) is 0 Å². The molecular weight excluding hydrogens is 343 g/mol. The van der Waals surface area contributed by atoms with Gasteiger partial charge in [0.1, 0.15) is 0 Å². The van der Waals surface area contributed by atoms with Gasteiger partial charge >= 0.3 is 0 Å². The lowest BCUT2D eigenvalue weighted by Gasteiger charge is -2.02. The molecule has 0 aliphatic rings. The first-order valence-electron chi connectivity index (χ1n) is 3.79. The number of nitrogens with one attached hydrogen (secondary N) is 1. The van der Waals surface area contributed by atoms with Crippen LogP contribution in [-0.2, 0) is 11.3 Å². The van der Waals surface area contributed by atoms with E-state index in [9.17, 15) is 4.79 Å². The van der Waals surface area contributed by atoms with E-state index in [1.54, 1.807) is 0 Å². The predicted octanol–water partition coefficient (Wildman–Crippen LogP) is 2.30. The third-order valence-electron chi connectivity index (χ3n) is 1.52. The summed E-state index contributed by atoms with van der Waals surface area (Å²) in [5.41, 5.74) is 1.12. The van der Waals surface area contributed by atoms with E-state index in [0.717, 1.165) is 5.56 Å². The van der Waals surface area contributed by atoms with Crippen molar-refractivity contribution in [3.05, 3.63) is 33.4 Å². The smallest absolute Gasteiger partial charge is 0.230 e. The quantitative estimate of drug-likeness (QED) is 0.657. The Balaban J connectivity index is 2.46. The van der Waals surface area contributed by atoms with Gasteiger partial charge in [0.05, 0.1) is 5.33 Å². The molecule has 0 saturated carbocycles. The fourth-order valence-electron chi connectivity index (χ4n) is 0.850. The highest BCUT2D eigenvalue weighted by Gasteiger charge is 1.97. The number of rotatable bonds is 3. The molecule has 0 atom stereocenters. The number of hydrogen-bond acceptors (Lipinski definition) is 1. The highest BCUT2D eigenvalue weighted by molar-refractivity contribution is 14.1. The number of halogens is 2. The normalized spacial score (nSPS) is 9.69. The Hall–Kier alpha value is -0.100. The average molecular weight is 352 g/mol. The van der Waals surface area contributed by atoms with E-state index in [0.29, 0.717) is 11.9 Å². The van der Waals surface area contributed by atoms with Crippen LogP contribution in [0, 0.1) is 3.57 Å². The lowest BCUT2D eigenvalue weighted by molar-refractivity contribution is -0.118. The fraction of sp³-hybridized carbons (Fsp3) is 0.222. The monoisotopic (exact) mass is 351 g/mol. The summed E-state index contributed by atoms with van der Waals surface area (Å²) in [5.74, 6) is 0.0125. The maximum atomic E-state index is 10.9. The highest BCUT2D eigenvalue weighted by atomic mass is 125. The van der Waals surface area contributed by atoms with Gasteiger partial charge in [-0.05, 0) is 40.3 Å². The average Bonchev–Trinajstić information content (AvgIpc) is 2.16. The SMILES string of the molecule is O=C(CBr)NCc1ccc([125I])cc1. The van der Waals surface area contributed by atoms with E-state index in [1.807, 2.05) is 24.3 Å². The molecule has 1 amide bonds. The Morgan fingerprint density at radius 2 is 2.00 bits per heavy atom. The van der Waals surface area contributed by atoms with Gasteiger partial charge in [0, 0.05) is 10.1 Å². The Morgan fingerprint density at radius 3 is 2.54 bits per heavy atom. The molecule has 0 aliphatic heterocycles. The largest absolute Gasteiger partial charge is 0.351 e. The second-order valence-electron chi connectivity index (χ2n) is 2.54. The highest BCUT2D eigenvalue weighted by Crippen LogP contribution is 2.06. The van der Waals surface area contributed by atoms with E-state index in [4.69, 9.17) is 0 Å². The molecule has 1 aromatic rings. The van der Waals surface area contributed by atoms with Gasteiger partial charge in [0.2, 0.25) is 5.91 Å². The minimum Gasteiger partial charge on any atom is -0.351 e. The van der Waals surface area contributed by atoms with Crippen molar-refractivity contribution >= 4 is 44.4 Å². The summed E-state index contributed by atoms with van der Waals surface area (Å²) >= 11 is 5.34. The first-order chi connectivity index (χ1) is 6.22. The van der Waals surface area contributed by atoms with Crippen LogP contribution >= 0.6 is 38.5 Å². The van der Waals surface area contributed by atoms with Crippen molar-refractivity contribution in [1.82, 2.24) is 5.32 Å². The maximum Gasteiger partial charge on any atom is 0.230 e. The first-order valence-corrected chi connectivity index (χ1v) is 5.99.